The molecule has 0 aliphatic heterocycles. The summed E-state index contributed by atoms with van der Waals surface area (Å²) in [5, 5.41) is 11.3. The number of alkyl halides is 1. The number of rotatable bonds is 8. The van der Waals surface area contributed by atoms with Gasteiger partial charge in [-0.25, -0.2) is 0 Å². The summed E-state index contributed by atoms with van der Waals surface area (Å²) in [6, 6.07) is 0. The van der Waals surface area contributed by atoms with Gasteiger partial charge in [0.15, 0.2) is 0 Å². The quantitative estimate of drug-likeness (QED) is 0.281. The highest BCUT2D eigenvalue weighted by atomic mass is 19.1. The molecule has 0 aliphatic rings. The molecule has 0 rings (SSSR count). The van der Waals surface area contributed by atoms with Gasteiger partial charge in [-0.3, -0.25) is 4.39 Å². The van der Waals surface area contributed by atoms with Crippen molar-refractivity contribution in [3.8, 4) is 0 Å². The molecule has 5 heteroatoms. The van der Waals surface area contributed by atoms with E-state index in [-0.39, 0.29) is 12.5 Å². The van der Waals surface area contributed by atoms with Gasteiger partial charge in [0.1, 0.15) is 5.84 Å². The normalized spacial score (nSPS) is 12.7. The Balaban J connectivity index is 3.89. The highest BCUT2D eigenvalue weighted by molar-refractivity contribution is 5.79. The second-order valence-corrected chi connectivity index (χ2v) is 4.08. The molecular formula is C10H22FN3O. The van der Waals surface area contributed by atoms with E-state index in [9.17, 15) is 4.39 Å². The van der Waals surface area contributed by atoms with Crippen LogP contribution in [0, 0.1) is 5.92 Å². The van der Waals surface area contributed by atoms with Gasteiger partial charge in [-0.2, -0.15) is 0 Å². The molecule has 0 saturated heterocycles. The van der Waals surface area contributed by atoms with Crippen molar-refractivity contribution in [1.29, 1.82) is 0 Å². The molecule has 3 N–H and O–H groups in total. The predicted octanol–water partition coefficient (Wildman–Crippen LogP) is 1.44. The van der Waals surface area contributed by atoms with Crippen LogP contribution >= 0.6 is 0 Å². The van der Waals surface area contributed by atoms with E-state index in [0.717, 1.165) is 13.1 Å². The van der Waals surface area contributed by atoms with Crippen LogP contribution in [-0.4, -0.2) is 42.3 Å². The van der Waals surface area contributed by atoms with E-state index in [4.69, 9.17) is 10.9 Å². The third kappa shape index (κ3) is 8.17. The predicted molar refractivity (Wildman–Crippen MR) is 59.9 cm³/mol. The van der Waals surface area contributed by atoms with Crippen molar-refractivity contribution in [1.82, 2.24) is 4.90 Å². The molecule has 0 fully saturated rings. The van der Waals surface area contributed by atoms with Gasteiger partial charge >= 0.3 is 0 Å². The first-order valence-electron chi connectivity index (χ1n) is 5.34. The standard InChI is InChI=1S/C10H22FN3O/c1-9(2)8-14(6-3-5-11)7-4-10(12)13-15/h9,15H,3-8H2,1-2H3,(H2,12,13). The summed E-state index contributed by atoms with van der Waals surface area (Å²) in [5.41, 5.74) is 5.38. The molecule has 90 valence electrons. The van der Waals surface area contributed by atoms with Gasteiger partial charge < -0.3 is 15.8 Å². The highest BCUT2D eigenvalue weighted by Gasteiger charge is 2.07. The molecule has 0 bridgehead atoms. The van der Waals surface area contributed by atoms with Gasteiger partial charge in [-0.05, 0) is 12.3 Å². The fraction of sp³-hybridized carbons (Fsp3) is 0.900. The maximum Gasteiger partial charge on any atom is 0.140 e. The summed E-state index contributed by atoms with van der Waals surface area (Å²) in [7, 11) is 0. The third-order valence-corrected chi connectivity index (χ3v) is 2.04. The Hall–Kier alpha value is -0.840. The number of amidine groups is 1. The van der Waals surface area contributed by atoms with Gasteiger partial charge in [-0.15, -0.1) is 0 Å². The zero-order valence-corrected chi connectivity index (χ0v) is 9.62. The Morgan fingerprint density at radius 1 is 1.47 bits per heavy atom. The van der Waals surface area contributed by atoms with Crippen LogP contribution in [0.5, 0.6) is 0 Å². The van der Waals surface area contributed by atoms with E-state index in [2.05, 4.69) is 23.9 Å². The molecule has 0 radical (unpaired) electrons. The van der Waals surface area contributed by atoms with Gasteiger partial charge in [-0.1, -0.05) is 19.0 Å². The summed E-state index contributed by atoms with van der Waals surface area (Å²) >= 11 is 0. The molecule has 0 saturated carbocycles. The molecule has 0 aromatic rings. The lowest BCUT2D eigenvalue weighted by atomic mass is 10.2. The Bertz CT molecular complexity index is 186. The van der Waals surface area contributed by atoms with E-state index >= 15 is 0 Å². The topological polar surface area (TPSA) is 61.8 Å². The zero-order valence-electron chi connectivity index (χ0n) is 9.62. The molecule has 0 atom stereocenters. The Labute approximate surface area is 90.9 Å². The average Bonchev–Trinajstić information content (AvgIpc) is 2.20. The first kappa shape index (κ1) is 14.2. The first-order chi connectivity index (χ1) is 7.10. The summed E-state index contributed by atoms with van der Waals surface area (Å²) < 4.78 is 12.0. The van der Waals surface area contributed by atoms with E-state index in [1.165, 1.54) is 0 Å². The number of oxime groups is 1. The largest absolute Gasteiger partial charge is 0.409 e. The Morgan fingerprint density at radius 2 is 2.13 bits per heavy atom. The molecule has 0 aromatic heterocycles. The number of hydrogen-bond acceptors (Lipinski definition) is 3. The monoisotopic (exact) mass is 219 g/mol. The first-order valence-corrected chi connectivity index (χ1v) is 5.34. The molecule has 0 spiro atoms. The Morgan fingerprint density at radius 3 is 2.60 bits per heavy atom. The van der Waals surface area contributed by atoms with Gasteiger partial charge in [0.05, 0.1) is 6.67 Å². The molecule has 0 unspecified atom stereocenters. The molecule has 0 aliphatic carbocycles. The molecule has 0 aromatic carbocycles. The number of hydrogen-bond donors (Lipinski definition) is 2. The fourth-order valence-electron chi connectivity index (χ4n) is 1.42. The van der Waals surface area contributed by atoms with Gasteiger partial charge in [0.25, 0.3) is 0 Å². The Kier molecular flexibility index (Phi) is 7.99. The van der Waals surface area contributed by atoms with Gasteiger partial charge in [0.2, 0.25) is 0 Å². The maximum absolute atomic E-state index is 12.0. The summed E-state index contributed by atoms with van der Waals surface area (Å²) in [6.45, 7) is 6.30. The molecule has 0 amide bonds. The second kappa shape index (κ2) is 8.47. The minimum Gasteiger partial charge on any atom is -0.409 e. The lowest BCUT2D eigenvalue weighted by Gasteiger charge is -2.23. The van der Waals surface area contributed by atoms with Crippen LogP contribution < -0.4 is 5.73 Å². The lowest BCUT2D eigenvalue weighted by molar-refractivity contribution is 0.237. The average molecular weight is 219 g/mol. The second-order valence-electron chi connectivity index (χ2n) is 4.08. The van der Waals surface area contributed by atoms with E-state index in [0.29, 0.717) is 25.3 Å². The van der Waals surface area contributed by atoms with Crippen molar-refractivity contribution in [2.75, 3.05) is 26.3 Å². The van der Waals surface area contributed by atoms with Crippen molar-refractivity contribution in [3.63, 3.8) is 0 Å². The number of nitrogens with zero attached hydrogens (tertiary/aromatic N) is 2. The number of halogens is 1. The van der Waals surface area contributed by atoms with Crippen molar-refractivity contribution in [2.24, 2.45) is 16.8 Å². The molecule has 4 nitrogen and oxygen atoms in total. The van der Waals surface area contributed by atoms with E-state index in [1.807, 2.05) is 0 Å². The van der Waals surface area contributed by atoms with Crippen LogP contribution in [0.15, 0.2) is 5.16 Å². The zero-order chi connectivity index (χ0) is 11.7. The molecule has 0 heterocycles. The van der Waals surface area contributed by atoms with Crippen LogP contribution in [0.1, 0.15) is 26.7 Å². The van der Waals surface area contributed by atoms with Crippen molar-refractivity contribution < 1.29 is 9.60 Å². The smallest absolute Gasteiger partial charge is 0.140 e. The van der Waals surface area contributed by atoms with Crippen molar-refractivity contribution in [3.05, 3.63) is 0 Å². The van der Waals surface area contributed by atoms with Gasteiger partial charge in [0, 0.05) is 26.1 Å². The van der Waals surface area contributed by atoms with Crippen LogP contribution in [0.25, 0.3) is 0 Å². The van der Waals surface area contributed by atoms with E-state index < -0.39 is 0 Å². The van der Waals surface area contributed by atoms with Crippen molar-refractivity contribution in [2.45, 2.75) is 26.7 Å². The molecular weight excluding hydrogens is 197 g/mol. The van der Waals surface area contributed by atoms with Crippen molar-refractivity contribution >= 4 is 5.84 Å². The van der Waals surface area contributed by atoms with Crippen LogP contribution in [0.4, 0.5) is 4.39 Å². The fourth-order valence-corrected chi connectivity index (χ4v) is 1.42. The number of nitrogens with two attached hydrogens (primary N) is 1. The van der Waals surface area contributed by atoms with E-state index in [1.54, 1.807) is 0 Å². The third-order valence-electron chi connectivity index (χ3n) is 2.04. The van der Waals surface area contributed by atoms with Crippen LogP contribution in [0.3, 0.4) is 0 Å². The highest BCUT2D eigenvalue weighted by Crippen LogP contribution is 2.01. The summed E-state index contributed by atoms with van der Waals surface area (Å²) in [4.78, 5) is 2.14. The van der Waals surface area contributed by atoms with Crippen LogP contribution in [-0.2, 0) is 0 Å². The summed E-state index contributed by atoms with van der Waals surface area (Å²) in [6.07, 6.45) is 1.07. The lowest BCUT2D eigenvalue weighted by Crippen LogP contribution is -2.32. The SMILES string of the molecule is CC(C)CN(CCCF)CCC(N)=NO. The summed E-state index contributed by atoms with van der Waals surface area (Å²) in [5.74, 6) is 0.765. The molecule has 15 heavy (non-hydrogen) atoms. The maximum atomic E-state index is 12.0. The minimum atomic E-state index is -0.293. The minimum absolute atomic E-state index is 0.226. The van der Waals surface area contributed by atoms with Crippen LogP contribution in [0.2, 0.25) is 0 Å².